The highest BCUT2D eigenvalue weighted by Crippen LogP contribution is 2.36. The van der Waals surface area contributed by atoms with Crippen molar-refractivity contribution in [1.82, 2.24) is 14.9 Å². The first-order valence-corrected chi connectivity index (χ1v) is 11.1. The van der Waals surface area contributed by atoms with Gasteiger partial charge in [-0.3, -0.25) is 14.4 Å². The van der Waals surface area contributed by atoms with Gasteiger partial charge in [0.25, 0.3) is 5.56 Å². The van der Waals surface area contributed by atoms with E-state index in [1.165, 1.54) is 0 Å². The number of aromatic nitrogens is 2. The zero-order chi connectivity index (χ0) is 24.0. The number of esters is 2. The van der Waals surface area contributed by atoms with Crippen LogP contribution in [0.5, 0.6) is 0 Å². The minimum Gasteiger partial charge on any atom is -0.458 e. The van der Waals surface area contributed by atoms with Crippen LogP contribution in [0.2, 0.25) is 0 Å². The Morgan fingerprint density at radius 1 is 1.24 bits per heavy atom. The van der Waals surface area contributed by atoms with Crippen LogP contribution in [-0.2, 0) is 37.0 Å². The van der Waals surface area contributed by atoms with Crippen LogP contribution < -0.4 is 10.9 Å². The van der Waals surface area contributed by atoms with Crippen LogP contribution in [0.25, 0.3) is 22.3 Å². The highest BCUT2D eigenvalue weighted by atomic mass is 16.6. The lowest BCUT2D eigenvalue weighted by Crippen LogP contribution is -2.37. The Hall–Kier alpha value is -4.01. The third-order valence-electron chi connectivity index (χ3n) is 5.94. The summed E-state index contributed by atoms with van der Waals surface area (Å²) >= 11 is 0. The van der Waals surface area contributed by atoms with Crippen molar-refractivity contribution in [3.63, 3.8) is 0 Å². The molecule has 2 aromatic heterocycles. The number of cyclic esters (lactones) is 1. The quantitative estimate of drug-likeness (QED) is 0.453. The van der Waals surface area contributed by atoms with Gasteiger partial charge in [0, 0.05) is 22.9 Å². The van der Waals surface area contributed by atoms with E-state index in [0.29, 0.717) is 17.9 Å². The minimum absolute atomic E-state index is 0.139. The van der Waals surface area contributed by atoms with E-state index in [-0.39, 0.29) is 48.1 Å². The fourth-order valence-electron chi connectivity index (χ4n) is 4.36. The molecule has 2 aliphatic rings. The van der Waals surface area contributed by atoms with Crippen molar-refractivity contribution in [3.05, 3.63) is 63.4 Å². The number of benzene rings is 1. The summed E-state index contributed by atoms with van der Waals surface area (Å²) in [6.45, 7) is 3.55. The summed E-state index contributed by atoms with van der Waals surface area (Å²) in [5, 5.41) is 3.45. The summed E-state index contributed by atoms with van der Waals surface area (Å²) in [4.78, 5) is 54.7. The average Bonchev–Trinajstić information content (AvgIpc) is 3.15. The molecule has 1 aromatic carbocycles. The molecular weight excluding hydrogens is 438 g/mol. The molecule has 9 nitrogen and oxygen atoms in total. The highest BCUT2D eigenvalue weighted by molar-refractivity contribution is 5.87. The van der Waals surface area contributed by atoms with Gasteiger partial charge in [-0.2, -0.15) is 0 Å². The lowest BCUT2D eigenvalue weighted by molar-refractivity contribution is -0.171. The fourth-order valence-corrected chi connectivity index (χ4v) is 4.36. The second-order valence-electron chi connectivity index (χ2n) is 8.90. The van der Waals surface area contributed by atoms with Crippen molar-refractivity contribution in [1.29, 1.82) is 0 Å². The first-order valence-electron chi connectivity index (χ1n) is 11.1. The van der Waals surface area contributed by atoms with Crippen molar-refractivity contribution >= 4 is 28.7 Å². The van der Waals surface area contributed by atoms with Crippen LogP contribution in [0.3, 0.4) is 0 Å². The van der Waals surface area contributed by atoms with Gasteiger partial charge in [0.05, 0.1) is 29.0 Å². The van der Waals surface area contributed by atoms with Gasteiger partial charge >= 0.3 is 11.9 Å². The number of fused-ring (bicyclic) bond motifs is 5. The molecule has 3 aromatic rings. The van der Waals surface area contributed by atoms with Crippen molar-refractivity contribution in [2.45, 2.75) is 39.5 Å². The van der Waals surface area contributed by atoms with E-state index in [1.54, 1.807) is 10.6 Å². The molecule has 1 N–H and O–H groups in total. The maximum Gasteiger partial charge on any atom is 0.352 e. The molecule has 1 amide bonds. The Morgan fingerprint density at radius 3 is 2.82 bits per heavy atom. The predicted molar refractivity (Wildman–Crippen MR) is 122 cm³/mol. The molecule has 9 heteroatoms. The number of rotatable bonds is 5. The summed E-state index contributed by atoms with van der Waals surface area (Å²) in [5.41, 5.74) is 3.15. The number of hydrogen-bond donors (Lipinski definition) is 1. The molecule has 0 fully saturated rings. The van der Waals surface area contributed by atoms with Gasteiger partial charge in [0.1, 0.15) is 13.2 Å². The van der Waals surface area contributed by atoms with Gasteiger partial charge in [-0.05, 0) is 24.1 Å². The summed E-state index contributed by atoms with van der Waals surface area (Å²) in [6.07, 6.45) is -1.12. The number of carbonyl (C=O) groups is 3. The van der Waals surface area contributed by atoms with E-state index in [1.807, 2.05) is 44.2 Å². The van der Waals surface area contributed by atoms with Crippen LogP contribution in [0.15, 0.2) is 41.2 Å². The summed E-state index contributed by atoms with van der Waals surface area (Å²) < 4.78 is 12.1. The van der Waals surface area contributed by atoms with E-state index in [0.717, 1.165) is 16.5 Å². The van der Waals surface area contributed by atoms with Gasteiger partial charge in [-0.1, -0.05) is 32.0 Å². The zero-order valence-electron chi connectivity index (χ0n) is 18.8. The average molecular weight is 461 g/mol. The third kappa shape index (κ3) is 3.83. The Morgan fingerprint density at radius 2 is 2.03 bits per heavy atom. The number of ether oxygens (including phenoxy) is 2. The van der Waals surface area contributed by atoms with Gasteiger partial charge in [-0.15, -0.1) is 0 Å². The first-order chi connectivity index (χ1) is 16.3. The summed E-state index contributed by atoms with van der Waals surface area (Å²) in [6, 6.07) is 11.4. The number of hydrogen-bond acceptors (Lipinski definition) is 7. The molecule has 4 heterocycles. The minimum atomic E-state index is -1.39. The van der Waals surface area contributed by atoms with Crippen LogP contribution in [0, 0.1) is 5.92 Å². The molecule has 2 aliphatic heterocycles. The molecule has 0 aliphatic carbocycles. The molecule has 174 valence electrons. The third-order valence-corrected chi connectivity index (χ3v) is 5.94. The van der Waals surface area contributed by atoms with Crippen molar-refractivity contribution in [3.8, 4) is 11.4 Å². The molecule has 34 heavy (non-hydrogen) atoms. The number of pyridine rings is 2. The maximum absolute atomic E-state index is 13.3. The smallest absolute Gasteiger partial charge is 0.352 e. The Labute approximate surface area is 194 Å². The second-order valence-corrected chi connectivity index (χ2v) is 8.90. The largest absolute Gasteiger partial charge is 0.458 e. The molecule has 0 radical (unpaired) electrons. The van der Waals surface area contributed by atoms with E-state index >= 15 is 0 Å². The standard InChI is InChI=1S/C25H23N3O6/c1-13(2)7-20(29)26-10-21(30)34-23-16-9-19-22-15(8-14-5-3-4-6-18(14)27-22)11-28(19)24(31)17(16)12-33-25(23)32/h3-6,8-9,13,23H,7,10-12H2,1-2H3,(H,26,29). The van der Waals surface area contributed by atoms with E-state index < -0.39 is 18.0 Å². The molecule has 0 bridgehead atoms. The first kappa shape index (κ1) is 21.8. The SMILES string of the molecule is CC(C)CC(=O)NCC(=O)OC1C(=O)OCc2c1cc1n(c2=O)Cc2cc3ccccc3nc2-1. The molecule has 0 spiro atoms. The Bertz CT molecular complexity index is 1410. The summed E-state index contributed by atoms with van der Waals surface area (Å²) in [7, 11) is 0. The summed E-state index contributed by atoms with van der Waals surface area (Å²) in [5.74, 6) is -1.70. The number of amides is 1. The number of para-hydroxylation sites is 1. The van der Waals surface area contributed by atoms with Gasteiger partial charge < -0.3 is 19.4 Å². The number of nitrogens with zero attached hydrogens (tertiary/aromatic N) is 2. The van der Waals surface area contributed by atoms with Crippen LogP contribution in [-0.4, -0.2) is 33.9 Å². The Kier molecular flexibility index (Phi) is 5.39. The Balaban J connectivity index is 1.47. The lowest BCUT2D eigenvalue weighted by atomic mass is 10.00. The lowest BCUT2D eigenvalue weighted by Gasteiger charge is -2.25. The van der Waals surface area contributed by atoms with Gasteiger partial charge in [-0.25, -0.2) is 9.78 Å². The maximum atomic E-state index is 13.3. The van der Waals surface area contributed by atoms with E-state index in [9.17, 15) is 19.2 Å². The zero-order valence-corrected chi connectivity index (χ0v) is 18.8. The normalized spacial score (nSPS) is 16.0. The van der Waals surface area contributed by atoms with Gasteiger partial charge in [0.2, 0.25) is 12.0 Å². The fraction of sp³-hybridized carbons (Fsp3) is 0.320. The van der Waals surface area contributed by atoms with Crippen LogP contribution >= 0.6 is 0 Å². The molecule has 1 atom stereocenters. The van der Waals surface area contributed by atoms with Crippen molar-refractivity contribution in [2.75, 3.05) is 6.54 Å². The van der Waals surface area contributed by atoms with E-state index in [4.69, 9.17) is 14.5 Å². The molecule has 1 unspecified atom stereocenters. The highest BCUT2D eigenvalue weighted by Gasteiger charge is 2.37. The number of carbonyl (C=O) groups excluding carboxylic acids is 3. The molecular formula is C25H23N3O6. The monoisotopic (exact) mass is 461 g/mol. The second kappa shape index (κ2) is 8.40. The molecule has 0 saturated carbocycles. The molecule has 0 saturated heterocycles. The number of nitrogens with one attached hydrogen (secondary N) is 1. The topological polar surface area (TPSA) is 117 Å². The van der Waals surface area contributed by atoms with E-state index in [2.05, 4.69) is 5.32 Å². The van der Waals surface area contributed by atoms with Crippen molar-refractivity contribution in [2.24, 2.45) is 5.92 Å². The molecule has 5 rings (SSSR count). The van der Waals surface area contributed by atoms with Gasteiger partial charge in [0.15, 0.2) is 0 Å². The van der Waals surface area contributed by atoms with Crippen LogP contribution in [0.1, 0.15) is 43.1 Å². The predicted octanol–water partition coefficient (Wildman–Crippen LogP) is 2.23. The van der Waals surface area contributed by atoms with Crippen LogP contribution in [0.4, 0.5) is 0 Å². The van der Waals surface area contributed by atoms with Crippen molar-refractivity contribution < 1.29 is 23.9 Å².